The highest BCUT2D eigenvalue weighted by atomic mass is 79.9. The van der Waals surface area contributed by atoms with Crippen LogP contribution in [0.5, 0.6) is 5.75 Å². The zero-order valence-electron chi connectivity index (χ0n) is 10.5. The Morgan fingerprint density at radius 3 is 3.05 bits per heavy atom. The van der Waals surface area contributed by atoms with Crippen molar-refractivity contribution in [2.45, 2.75) is 6.54 Å². The number of carbonyl (C=O) groups is 1. The first-order valence-electron chi connectivity index (χ1n) is 5.78. The molecule has 1 N–H and O–H groups in total. The second kappa shape index (κ2) is 6.38. The summed E-state index contributed by atoms with van der Waals surface area (Å²) in [4.78, 5) is 16.0. The van der Waals surface area contributed by atoms with Crippen LogP contribution in [0.15, 0.2) is 41.4 Å². The Morgan fingerprint density at radius 2 is 2.37 bits per heavy atom. The fourth-order valence-electron chi connectivity index (χ4n) is 1.67. The first-order valence-corrected chi connectivity index (χ1v) is 6.57. The van der Waals surface area contributed by atoms with E-state index in [1.807, 2.05) is 16.8 Å². The number of aromatic nitrogens is 2. The number of halogens is 1. The molecule has 1 amide bonds. The average molecular weight is 324 g/mol. The summed E-state index contributed by atoms with van der Waals surface area (Å²) in [5.74, 6) is 0.402. The Kier molecular flexibility index (Phi) is 4.57. The number of benzene rings is 1. The van der Waals surface area contributed by atoms with E-state index < -0.39 is 0 Å². The van der Waals surface area contributed by atoms with Crippen LogP contribution in [0.3, 0.4) is 0 Å². The average Bonchev–Trinajstić information content (AvgIpc) is 2.91. The number of carbonyl (C=O) groups excluding carboxylic acids is 1. The highest BCUT2D eigenvalue weighted by Crippen LogP contribution is 2.23. The predicted octanol–water partition coefficient (Wildman–Crippen LogP) is 2.08. The van der Waals surface area contributed by atoms with E-state index in [-0.39, 0.29) is 5.91 Å². The first-order chi connectivity index (χ1) is 9.20. The van der Waals surface area contributed by atoms with Crippen LogP contribution in [0.25, 0.3) is 0 Å². The van der Waals surface area contributed by atoms with E-state index in [4.69, 9.17) is 4.74 Å². The van der Waals surface area contributed by atoms with Gasteiger partial charge in [0.05, 0.1) is 19.0 Å². The molecule has 6 heteroatoms. The Labute approximate surface area is 119 Å². The van der Waals surface area contributed by atoms with E-state index in [9.17, 15) is 4.79 Å². The highest BCUT2D eigenvalue weighted by Gasteiger charge is 2.11. The van der Waals surface area contributed by atoms with E-state index in [2.05, 4.69) is 26.2 Å². The van der Waals surface area contributed by atoms with E-state index in [0.29, 0.717) is 24.4 Å². The monoisotopic (exact) mass is 323 g/mol. The van der Waals surface area contributed by atoms with Gasteiger partial charge < -0.3 is 14.6 Å². The quantitative estimate of drug-likeness (QED) is 0.916. The number of ether oxygens (including phenoxy) is 1. The van der Waals surface area contributed by atoms with Gasteiger partial charge in [-0.25, -0.2) is 4.98 Å². The summed E-state index contributed by atoms with van der Waals surface area (Å²) < 4.78 is 7.97. The third-order valence-corrected chi connectivity index (χ3v) is 3.12. The van der Waals surface area contributed by atoms with Gasteiger partial charge in [0.15, 0.2) is 0 Å². The summed E-state index contributed by atoms with van der Waals surface area (Å²) in [6.45, 7) is 1.22. The van der Waals surface area contributed by atoms with Crippen molar-refractivity contribution in [1.29, 1.82) is 0 Å². The SMILES string of the molecule is COc1cc(Br)ccc1C(=O)NCCn1ccnc1. The van der Waals surface area contributed by atoms with Gasteiger partial charge in [0.2, 0.25) is 0 Å². The largest absolute Gasteiger partial charge is 0.496 e. The molecule has 0 saturated heterocycles. The molecule has 0 aliphatic carbocycles. The molecule has 0 saturated carbocycles. The van der Waals surface area contributed by atoms with Crippen molar-refractivity contribution in [3.8, 4) is 5.75 Å². The molecule has 1 aromatic carbocycles. The van der Waals surface area contributed by atoms with Crippen LogP contribution in [0, 0.1) is 0 Å². The zero-order chi connectivity index (χ0) is 13.7. The molecule has 0 spiro atoms. The van der Waals surface area contributed by atoms with Gasteiger partial charge in [0.1, 0.15) is 5.75 Å². The zero-order valence-corrected chi connectivity index (χ0v) is 12.1. The maximum atomic E-state index is 12.0. The lowest BCUT2D eigenvalue weighted by Crippen LogP contribution is -2.27. The van der Waals surface area contributed by atoms with Crippen molar-refractivity contribution in [2.75, 3.05) is 13.7 Å². The minimum atomic E-state index is -0.149. The summed E-state index contributed by atoms with van der Waals surface area (Å²) in [7, 11) is 1.55. The van der Waals surface area contributed by atoms with Crippen LogP contribution in [0.4, 0.5) is 0 Å². The fourth-order valence-corrected chi connectivity index (χ4v) is 2.01. The van der Waals surface area contributed by atoms with Crippen LogP contribution >= 0.6 is 15.9 Å². The molecule has 0 unspecified atom stereocenters. The van der Waals surface area contributed by atoms with Crippen molar-refractivity contribution in [2.24, 2.45) is 0 Å². The smallest absolute Gasteiger partial charge is 0.255 e. The molecule has 2 aromatic rings. The number of hydrogen-bond acceptors (Lipinski definition) is 3. The minimum Gasteiger partial charge on any atom is -0.496 e. The molecule has 1 heterocycles. The van der Waals surface area contributed by atoms with E-state index in [0.717, 1.165) is 4.47 Å². The van der Waals surface area contributed by atoms with Gasteiger partial charge in [-0.1, -0.05) is 15.9 Å². The lowest BCUT2D eigenvalue weighted by molar-refractivity contribution is 0.0949. The number of hydrogen-bond donors (Lipinski definition) is 1. The summed E-state index contributed by atoms with van der Waals surface area (Å²) in [6, 6.07) is 5.31. The predicted molar refractivity (Wildman–Crippen MR) is 75.3 cm³/mol. The second-order valence-corrected chi connectivity index (χ2v) is 4.82. The molecule has 0 bridgehead atoms. The van der Waals surface area contributed by atoms with Gasteiger partial charge in [-0.3, -0.25) is 4.79 Å². The van der Waals surface area contributed by atoms with Crippen LogP contribution in [0.1, 0.15) is 10.4 Å². The third-order valence-electron chi connectivity index (χ3n) is 2.62. The summed E-state index contributed by atoms with van der Waals surface area (Å²) in [6.07, 6.45) is 5.28. The number of nitrogens with zero attached hydrogens (tertiary/aromatic N) is 2. The van der Waals surface area contributed by atoms with Gasteiger partial charge in [0, 0.05) is 30.0 Å². The van der Waals surface area contributed by atoms with E-state index >= 15 is 0 Å². The van der Waals surface area contributed by atoms with Crippen molar-refractivity contribution < 1.29 is 9.53 Å². The Hall–Kier alpha value is -1.82. The second-order valence-electron chi connectivity index (χ2n) is 3.90. The van der Waals surface area contributed by atoms with Gasteiger partial charge >= 0.3 is 0 Å². The summed E-state index contributed by atoms with van der Waals surface area (Å²) in [5, 5.41) is 2.85. The van der Waals surface area contributed by atoms with Crippen LogP contribution < -0.4 is 10.1 Å². The van der Waals surface area contributed by atoms with Gasteiger partial charge in [0.25, 0.3) is 5.91 Å². The van der Waals surface area contributed by atoms with Crippen molar-refractivity contribution in [1.82, 2.24) is 14.9 Å². The molecule has 0 fully saturated rings. The molecular formula is C13H14BrN3O2. The number of imidazole rings is 1. The van der Waals surface area contributed by atoms with Crippen molar-refractivity contribution >= 4 is 21.8 Å². The molecule has 19 heavy (non-hydrogen) atoms. The lowest BCUT2D eigenvalue weighted by atomic mass is 10.2. The molecule has 0 aliphatic rings. The Morgan fingerprint density at radius 1 is 1.53 bits per heavy atom. The Bertz CT molecular complexity index is 555. The minimum absolute atomic E-state index is 0.149. The number of nitrogens with one attached hydrogen (secondary N) is 1. The molecular weight excluding hydrogens is 310 g/mol. The first kappa shape index (κ1) is 13.6. The van der Waals surface area contributed by atoms with Crippen LogP contribution in [0.2, 0.25) is 0 Å². The molecule has 0 aliphatic heterocycles. The van der Waals surface area contributed by atoms with Crippen LogP contribution in [-0.2, 0) is 6.54 Å². The van der Waals surface area contributed by atoms with Crippen molar-refractivity contribution in [3.05, 3.63) is 47.0 Å². The highest BCUT2D eigenvalue weighted by molar-refractivity contribution is 9.10. The van der Waals surface area contributed by atoms with E-state index in [1.165, 1.54) is 0 Å². The maximum Gasteiger partial charge on any atom is 0.255 e. The van der Waals surface area contributed by atoms with E-state index in [1.54, 1.807) is 31.8 Å². The lowest BCUT2D eigenvalue weighted by Gasteiger charge is -2.10. The number of methoxy groups -OCH3 is 1. The van der Waals surface area contributed by atoms with Crippen LogP contribution in [-0.4, -0.2) is 29.1 Å². The normalized spacial score (nSPS) is 10.2. The van der Waals surface area contributed by atoms with Gasteiger partial charge in [-0.05, 0) is 18.2 Å². The Balaban J connectivity index is 1.96. The maximum absolute atomic E-state index is 12.0. The molecule has 0 atom stereocenters. The van der Waals surface area contributed by atoms with Crippen molar-refractivity contribution in [3.63, 3.8) is 0 Å². The molecule has 2 rings (SSSR count). The summed E-state index contributed by atoms with van der Waals surface area (Å²) >= 11 is 3.34. The summed E-state index contributed by atoms with van der Waals surface area (Å²) in [5.41, 5.74) is 0.524. The molecule has 5 nitrogen and oxygen atoms in total. The third kappa shape index (κ3) is 3.57. The fraction of sp³-hybridized carbons (Fsp3) is 0.231. The number of rotatable bonds is 5. The topological polar surface area (TPSA) is 56.1 Å². The molecule has 1 aromatic heterocycles. The van der Waals surface area contributed by atoms with Gasteiger partial charge in [-0.15, -0.1) is 0 Å². The number of amides is 1. The van der Waals surface area contributed by atoms with Gasteiger partial charge in [-0.2, -0.15) is 0 Å². The molecule has 100 valence electrons. The standard InChI is InChI=1S/C13H14BrN3O2/c1-19-12-8-10(14)2-3-11(12)13(18)16-5-7-17-6-4-15-9-17/h2-4,6,8-9H,5,7H2,1H3,(H,16,18). The molecule has 0 radical (unpaired) electrons.